The molecule has 0 aliphatic rings. The Morgan fingerprint density at radius 1 is 1.00 bits per heavy atom. The van der Waals surface area contributed by atoms with Crippen molar-refractivity contribution in [3.05, 3.63) is 11.9 Å². The van der Waals surface area contributed by atoms with Crippen LogP contribution in [0.25, 0.3) is 0 Å². The van der Waals surface area contributed by atoms with Crippen LogP contribution in [-0.4, -0.2) is 73.6 Å². The first-order valence-electron chi connectivity index (χ1n) is 7.49. The minimum absolute atomic E-state index is 0.590. The number of hydrogen-bond acceptors (Lipinski definition) is 6. The number of nitrogens with zero attached hydrogens (tertiary/aromatic N) is 4. The number of ether oxygens (including phenoxy) is 3. The van der Waals surface area contributed by atoms with Crippen LogP contribution in [0.2, 0.25) is 0 Å². The van der Waals surface area contributed by atoms with Crippen molar-refractivity contribution >= 4 is 0 Å². The maximum Gasteiger partial charge on any atom is 0.0966 e. The first-order valence-corrected chi connectivity index (χ1v) is 7.49. The molecule has 0 radical (unpaired) electrons. The second kappa shape index (κ2) is 11.6. The highest BCUT2D eigenvalue weighted by Gasteiger charge is 2.01. The van der Waals surface area contributed by atoms with E-state index in [0.717, 1.165) is 25.3 Å². The van der Waals surface area contributed by atoms with Gasteiger partial charge in [0.15, 0.2) is 0 Å². The van der Waals surface area contributed by atoms with Crippen LogP contribution in [0.3, 0.4) is 0 Å². The van der Waals surface area contributed by atoms with Crippen molar-refractivity contribution in [2.24, 2.45) is 0 Å². The van der Waals surface area contributed by atoms with Gasteiger partial charge in [-0.15, -0.1) is 5.10 Å². The molecule has 0 aliphatic carbocycles. The highest BCUT2D eigenvalue weighted by Crippen LogP contribution is 1.96. The topological polar surface area (TPSA) is 61.6 Å². The van der Waals surface area contributed by atoms with Crippen LogP contribution < -0.4 is 0 Å². The fourth-order valence-electron chi connectivity index (χ4n) is 1.69. The minimum atomic E-state index is 0.590. The summed E-state index contributed by atoms with van der Waals surface area (Å²) in [5.41, 5.74) is 0.968. The predicted molar refractivity (Wildman–Crippen MR) is 80.2 cm³/mol. The molecule has 7 heteroatoms. The summed E-state index contributed by atoms with van der Waals surface area (Å²) in [5, 5.41) is 8.15. The molecule has 1 heterocycles. The van der Waals surface area contributed by atoms with Gasteiger partial charge in [-0.2, -0.15) is 0 Å². The van der Waals surface area contributed by atoms with Gasteiger partial charge in [0.25, 0.3) is 0 Å². The maximum atomic E-state index is 5.49. The van der Waals surface area contributed by atoms with Crippen LogP contribution in [0.4, 0.5) is 0 Å². The quantitative estimate of drug-likeness (QED) is 0.502. The summed E-state index contributed by atoms with van der Waals surface area (Å²) < 4.78 is 18.0. The molecule has 0 spiro atoms. The molecule has 21 heavy (non-hydrogen) atoms. The molecule has 0 saturated heterocycles. The SMILES string of the molecule is CCCOCCOCCOCCn1cc(CN(C)C)nn1. The molecule has 0 atom stereocenters. The number of aromatic nitrogens is 3. The molecule has 0 aliphatic heterocycles. The number of hydrogen-bond donors (Lipinski definition) is 0. The van der Waals surface area contributed by atoms with E-state index >= 15 is 0 Å². The summed E-state index contributed by atoms with van der Waals surface area (Å²) in [4.78, 5) is 2.06. The molecule has 0 N–H and O–H groups in total. The van der Waals surface area contributed by atoms with Crippen LogP contribution >= 0.6 is 0 Å². The summed E-state index contributed by atoms with van der Waals surface area (Å²) in [6, 6.07) is 0. The minimum Gasteiger partial charge on any atom is -0.379 e. The standard InChI is InChI=1S/C14H28N4O3/c1-4-6-19-8-10-21-11-9-20-7-5-18-13-14(15-16-18)12-17(2)3/h13H,4-12H2,1-3H3. The average molecular weight is 300 g/mol. The highest BCUT2D eigenvalue weighted by molar-refractivity contribution is 4.91. The van der Waals surface area contributed by atoms with Gasteiger partial charge in [-0.3, -0.25) is 0 Å². The molecule has 0 aromatic carbocycles. The van der Waals surface area contributed by atoms with E-state index in [1.54, 1.807) is 4.68 Å². The lowest BCUT2D eigenvalue weighted by Gasteiger charge is -2.06. The molecule has 1 rings (SSSR count). The van der Waals surface area contributed by atoms with Gasteiger partial charge in [-0.25, -0.2) is 4.68 Å². The van der Waals surface area contributed by atoms with E-state index in [-0.39, 0.29) is 0 Å². The maximum absolute atomic E-state index is 5.49. The summed E-state index contributed by atoms with van der Waals surface area (Å²) in [6.45, 7) is 7.48. The van der Waals surface area contributed by atoms with Crippen molar-refractivity contribution < 1.29 is 14.2 Å². The highest BCUT2D eigenvalue weighted by atomic mass is 16.5. The first kappa shape index (κ1) is 18.0. The Balaban J connectivity index is 1.93. The van der Waals surface area contributed by atoms with Crippen molar-refractivity contribution in [3.63, 3.8) is 0 Å². The van der Waals surface area contributed by atoms with Crippen molar-refractivity contribution in [3.8, 4) is 0 Å². The van der Waals surface area contributed by atoms with Gasteiger partial charge in [0, 0.05) is 19.3 Å². The average Bonchev–Trinajstić information content (AvgIpc) is 2.87. The van der Waals surface area contributed by atoms with Crippen LogP contribution in [0.15, 0.2) is 6.20 Å². The summed E-state index contributed by atoms with van der Waals surface area (Å²) in [6.07, 6.45) is 2.99. The predicted octanol–water partition coefficient (Wildman–Crippen LogP) is 0.800. The van der Waals surface area contributed by atoms with Crippen LogP contribution in [0.5, 0.6) is 0 Å². The van der Waals surface area contributed by atoms with Gasteiger partial charge in [-0.1, -0.05) is 12.1 Å². The van der Waals surface area contributed by atoms with E-state index in [1.165, 1.54) is 0 Å². The Hall–Kier alpha value is -1.02. The lowest BCUT2D eigenvalue weighted by molar-refractivity contribution is 0.0128. The van der Waals surface area contributed by atoms with E-state index in [1.807, 2.05) is 20.3 Å². The van der Waals surface area contributed by atoms with Crippen molar-refractivity contribution in [2.75, 3.05) is 53.7 Å². The zero-order chi connectivity index (χ0) is 15.3. The molecular formula is C14H28N4O3. The van der Waals surface area contributed by atoms with E-state index < -0.39 is 0 Å². The van der Waals surface area contributed by atoms with Crippen LogP contribution in [0.1, 0.15) is 19.0 Å². The van der Waals surface area contributed by atoms with E-state index in [4.69, 9.17) is 14.2 Å². The monoisotopic (exact) mass is 300 g/mol. The molecule has 7 nitrogen and oxygen atoms in total. The lowest BCUT2D eigenvalue weighted by atomic mass is 10.4. The van der Waals surface area contributed by atoms with Gasteiger partial charge in [0.2, 0.25) is 0 Å². The van der Waals surface area contributed by atoms with E-state index in [9.17, 15) is 0 Å². The van der Waals surface area contributed by atoms with Crippen LogP contribution in [0, 0.1) is 0 Å². The number of rotatable bonds is 13. The summed E-state index contributed by atoms with van der Waals surface area (Å²) in [5.74, 6) is 0. The Morgan fingerprint density at radius 3 is 2.24 bits per heavy atom. The smallest absolute Gasteiger partial charge is 0.0966 e. The van der Waals surface area contributed by atoms with Gasteiger partial charge >= 0.3 is 0 Å². The van der Waals surface area contributed by atoms with Crippen molar-refractivity contribution in [1.82, 2.24) is 19.9 Å². The van der Waals surface area contributed by atoms with Gasteiger partial charge < -0.3 is 19.1 Å². The Morgan fingerprint density at radius 2 is 1.62 bits per heavy atom. The van der Waals surface area contributed by atoms with Crippen molar-refractivity contribution in [1.29, 1.82) is 0 Å². The fourth-order valence-corrected chi connectivity index (χ4v) is 1.69. The first-order chi connectivity index (χ1) is 10.2. The van der Waals surface area contributed by atoms with E-state index in [2.05, 4.69) is 22.1 Å². The normalized spacial score (nSPS) is 11.4. The third-order valence-electron chi connectivity index (χ3n) is 2.62. The molecule has 1 aromatic heterocycles. The second-order valence-electron chi connectivity index (χ2n) is 5.05. The Kier molecular flexibility index (Phi) is 9.98. The molecule has 0 saturated carbocycles. The molecule has 0 fully saturated rings. The summed E-state index contributed by atoms with van der Waals surface area (Å²) >= 11 is 0. The molecule has 0 unspecified atom stereocenters. The van der Waals surface area contributed by atoms with E-state index in [0.29, 0.717) is 39.6 Å². The molecule has 0 amide bonds. The molecule has 0 bridgehead atoms. The summed E-state index contributed by atoms with van der Waals surface area (Å²) in [7, 11) is 4.02. The zero-order valence-corrected chi connectivity index (χ0v) is 13.5. The third kappa shape index (κ3) is 9.52. The van der Waals surface area contributed by atoms with Gasteiger partial charge in [0.05, 0.1) is 45.3 Å². The third-order valence-corrected chi connectivity index (χ3v) is 2.62. The molecule has 122 valence electrons. The largest absolute Gasteiger partial charge is 0.379 e. The van der Waals surface area contributed by atoms with Crippen LogP contribution in [-0.2, 0) is 27.3 Å². The fraction of sp³-hybridized carbons (Fsp3) is 0.857. The zero-order valence-electron chi connectivity index (χ0n) is 13.5. The Bertz CT molecular complexity index is 358. The Labute approximate surface area is 127 Å². The van der Waals surface area contributed by atoms with Gasteiger partial charge in [-0.05, 0) is 20.5 Å². The van der Waals surface area contributed by atoms with Crippen molar-refractivity contribution in [2.45, 2.75) is 26.4 Å². The second-order valence-corrected chi connectivity index (χ2v) is 5.05. The van der Waals surface area contributed by atoms with Gasteiger partial charge in [0.1, 0.15) is 0 Å². The lowest BCUT2D eigenvalue weighted by Crippen LogP contribution is -2.12. The molecule has 1 aromatic rings. The molecular weight excluding hydrogens is 272 g/mol.